The highest BCUT2D eigenvalue weighted by Gasteiger charge is 2.41. The lowest BCUT2D eigenvalue weighted by atomic mass is 9.66. The van der Waals surface area contributed by atoms with Gasteiger partial charge in [-0.25, -0.2) is 0 Å². The summed E-state index contributed by atoms with van der Waals surface area (Å²) in [5.74, 6) is 8.08. The zero-order chi connectivity index (χ0) is 15.2. The maximum atomic E-state index is 11.0. The molecular weight excluding hydrogens is 246 g/mol. The molecule has 1 saturated carbocycles. The Balaban J connectivity index is 2.63. The lowest BCUT2D eigenvalue weighted by Crippen LogP contribution is -2.45. The zero-order valence-corrected chi connectivity index (χ0v) is 14.1. The predicted octanol–water partition coefficient (Wildman–Crippen LogP) is 3.55. The Bertz CT molecular complexity index is 337. The molecule has 0 aromatic rings. The van der Waals surface area contributed by atoms with Gasteiger partial charge in [-0.15, -0.1) is 0 Å². The van der Waals surface area contributed by atoms with Gasteiger partial charge in [0.2, 0.25) is 0 Å². The summed E-state index contributed by atoms with van der Waals surface area (Å²) >= 11 is 0. The van der Waals surface area contributed by atoms with Crippen LogP contribution in [-0.4, -0.2) is 35.2 Å². The third kappa shape index (κ3) is 4.79. The van der Waals surface area contributed by atoms with Gasteiger partial charge in [0.1, 0.15) is 0 Å². The van der Waals surface area contributed by atoms with Crippen molar-refractivity contribution in [3.63, 3.8) is 0 Å². The Morgan fingerprint density at radius 1 is 1.20 bits per heavy atom. The molecule has 1 fully saturated rings. The second-order valence-electron chi connectivity index (χ2n) is 6.83. The van der Waals surface area contributed by atoms with Crippen LogP contribution >= 0.6 is 0 Å². The van der Waals surface area contributed by atoms with Gasteiger partial charge < -0.3 is 5.11 Å². The summed E-state index contributed by atoms with van der Waals surface area (Å²) in [5, 5.41) is 11.0. The first-order valence-corrected chi connectivity index (χ1v) is 8.33. The van der Waals surface area contributed by atoms with Crippen LogP contribution in [0.4, 0.5) is 0 Å². The van der Waals surface area contributed by atoms with E-state index in [1.165, 1.54) is 6.42 Å². The molecule has 0 bridgehead atoms. The third-order valence-electron chi connectivity index (χ3n) is 4.88. The van der Waals surface area contributed by atoms with Gasteiger partial charge in [0.15, 0.2) is 0 Å². The first-order chi connectivity index (χ1) is 9.42. The van der Waals surface area contributed by atoms with E-state index in [0.717, 1.165) is 32.5 Å². The fraction of sp³-hybridized carbons (Fsp3) is 0.889. The molecule has 0 radical (unpaired) electrons. The highest BCUT2D eigenvalue weighted by atomic mass is 16.3. The largest absolute Gasteiger partial charge is 0.389 e. The fourth-order valence-corrected chi connectivity index (χ4v) is 3.58. The van der Waals surface area contributed by atoms with Gasteiger partial charge in [0.05, 0.1) is 12.1 Å². The van der Waals surface area contributed by atoms with Crippen LogP contribution in [0.15, 0.2) is 0 Å². The molecule has 0 aliphatic heterocycles. The van der Waals surface area contributed by atoms with E-state index in [1.807, 2.05) is 0 Å². The standard InChI is InChI=1S/C18H33NO/c1-6-19(7-2)13-9-8-12-18(20)14-16(5)10-11-17(18)15(3)4/h15-17,20H,6-7,10-14H2,1-5H3/t16-,17+,18+/m0/s1. The highest BCUT2D eigenvalue weighted by molar-refractivity contribution is 5.08. The van der Waals surface area contributed by atoms with Crippen molar-refractivity contribution in [3.05, 3.63) is 0 Å². The molecule has 1 aliphatic carbocycles. The molecule has 3 atom stereocenters. The molecule has 2 nitrogen and oxygen atoms in total. The summed E-state index contributed by atoms with van der Waals surface area (Å²) in [6.07, 6.45) is 3.95. The number of nitrogens with zero attached hydrogens (tertiary/aromatic N) is 1. The number of hydrogen-bond donors (Lipinski definition) is 1. The normalized spacial score (nSPS) is 30.4. The minimum atomic E-state index is -0.567. The second-order valence-corrected chi connectivity index (χ2v) is 6.83. The lowest BCUT2D eigenvalue weighted by molar-refractivity contribution is -0.0760. The summed E-state index contributed by atoms with van der Waals surface area (Å²) in [4.78, 5) is 2.31. The summed E-state index contributed by atoms with van der Waals surface area (Å²) < 4.78 is 0. The minimum absolute atomic E-state index is 0.404. The van der Waals surface area contributed by atoms with Crippen LogP contribution in [0.5, 0.6) is 0 Å². The molecule has 1 rings (SSSR count). The average molecular weight is 279 g/mol. The Labute approximate surface area is 125 Å². The van der Waals surface area contributed by atoms with Gasteiger partial charge in [-0.05, 0) is 43.7 Å². The molecule has 0 aromatic carbocycles. The van der Waals surface area contributed by atoms with Gasteiger partial charge in [-0.1, -0.05) is 52.9 Å². The summed E-state index contributed by atoms with van der Waals surface area (Å²) in [5.41, 5.74) is -0.567. The van der Waals surface area contributed by atoms with Gasteiger partial charge >= 0.3 is 0 Å². The van der Waals surface area contributed by atoms with Gasteiger partial charge in [-0.3, -0.25) is 4.90 Å². The van der Waals surface area contributed by atoms with Crippen LogP contribution in [0, 0.1) is 29.6 Å². The lowest BCUT2D eigenvalue weighted by Gasteiger charge is -2.43. The Kier molecular flexibility index (Phi) is 7.06. The fourth-order valence-electron chi connectivity index (χ4n) is 3.58. The summed E-state index contributed by atoms with van der Waals surface area (Å²) in [6.45, 7) is 14.0. The smallest absolute Gasteiger partial charge is 0.0789 e. The van der Waals surface area contributed by atoms with E-state index in [4.69, 9.17) is 0 Å². The molecule has 1 aliphatic rings. The van der Waals surface area contributed by atoms with E-state index >= 15 is 0 Å². The van der Waals surface area contributed by atoms with E-state index < -0.39 is 5.60 Å². The van der Waals surface area contributed by atoms with Crippen molar-refractivity contribution in [3.8, 4) is 11.8 Å². The molecule has 0 saturated heterocycles. The highest BCUT2D eigenvalue weighted by Crippen LogP contribution is 2.42. The van der Waals surface area contributed by atoms with Crippen molar-refractivity contribution in [2.24, 2.45) is 17.8 Å². The number of hydrogen-bond acceptors (Lipinski definition) is 2. The molecule has 0 spiro atoms. The first-order valence-electron chi connectivity index (χ1n) is 8.33. The monoisotopic (exact) mass is 279 g/mol. The molecule has 0 heterocycles. The quantitative estimate of drug-likeness (QED) is 0.778. The molecular formula is C18H33NO. The predicted molar refractivity (Wildman–Crippen MR) is 86.5 cm³/mol. The van der Waals surface area contributed by atoms with Crippen molar-refractivity contribution in [2.45, 2.75) is 65.9 Å². The topological polar surface area (TPSA) is 23.5 Å². The molecule has 0 aromatic heterocycles. The maximum absolute atomic E-state index is 11.0. The average Bonchev–Trinajstić information content (AvgIpc) is 2.38. The van der Waals surface area contributed by atoms with E-state index in [0.29, 0.717) is 24.2 Å². The Morgan fingerprint density at radius 3 is 2.40 bits per heavy atom. The second kappa shape index (κ2) is 8.05. The SMILES string of the molecule is CCN(CC)CC#CC[C@@]1(O)C[C@@H](C)CC[C@@H]1C(C)C. The van der Waals surface area contributed by atoms with Crippen LogP contribution in [0.1, 0.15) is 60.3 Å². The van der Waals surface area contributed by atoms with Crippen molar-refractivity contribution < 1.29 is 5.11 Å². The molecule has 1 N–H and O–H groups in total. The Morgan fingerprint density at radius 2 is 1.85 bits per heavy atom. The van der Waals surface area contributed by atoms with Gasteiger partial charge in [-0.2, -0.15) is 0 Å². The Hall–Kier alpha value is -0.520. The summed E-state index contributed by atoms with van der Waals surface area (Å²) in [6, 6.07) is 0. The first kappa shape index (κ1) is 17.5. The van der Waals surface area contributed by atoms with Crippen molar-refractivity contribution in [1.82, 2.24) is 4.90 Å². The van der Waals surface area contributed by atoms with Crippen LogP contribution in [0.2, 0.25) is 0 Å². The van der Waals surface area contributed by atoms with E-state index in [2.05, 4.69) is 51.4 Å². The van der Waals surface area contributed by atoms with Crippen LogP contribution in [-0.2, 0) is 0 Å². The zero-order valence-electron chi connectivity index (χ0n) is 14.1. The van der Waals surface area contributed by atoms with Gasteiger partial charge in [0.25, 0.3) is 0 Å². The van der Waals surface area contributed by atoms with Crippen molar-refractivity contribution >= 4 is 0 Å². The van der Waals surface area contributed by atoms with Crippen LogP contribution in [0.25, 0.3) is 0 Å². The van der Waals surface area contributed by atoms with Crippen LogP contribution < -0.4 is 0 Å². The number of aliphatic hydroxyl groups is 1. The molecule has 0 unspecified atom stereocenters. The van der Waals surface area contributed by atoms with Gasteiger partial charge in [0, 0.05) is 6.42 Å². The molecule has 2 heteroatoms. The molecule has 0 amide bonds. The third-order valence-corrected chi connectivity index (χ3v) is 4.88. The maximum Gasteiger partial charge on any atom is 0.0789 e. The minimum Gasteiger partial charge on any atom is -0.389 e. The van der Waals surface area contributed by atoms with E-state index in [9.17, 15) is 5.11 Å². The number of rotatable bonds is 5. The molecule has 20 heavy (non-hydrogen) atoms. The van der Waals surface area contributed by atoms with Crippen molar-refractivity contribution in [2.75, 3.05) is 19.6 Å². The summed E-state index contributed by atoms with van der Waals surface area (Å²) in [7, 11) is 0. The van der Waals surface area contributed by atoms with Crippen molar-refractivity contribution in [1.29, 1.82) is 0 Å². The molecule has 116 valence electrons. The van der Waals surface area contributed by atoms with Crippen LogP contribution in [0.3, 0.4) is 0 Å². The van der Waals surface area contributed by atoms with E-state index in [-0.39, 0.29) is 0 Å². The van der Waals surface area contributed by atoms with E-state index in [1.54, 1.807) is 0 Å².